The number of nitrogens with one attached hydrogen (secondary N) is 2. The first-order chi connectivity index (χ1) is 6.74. The first-order valence-electron chi connectivity index (χ1n) is 5.07. The van der Waals surface area contributed by atoms with Crippen molar-refractivity contribution in [3.63, 3.8) is 0 Å². The molecule has 0 bridgehead atoms. The third kappa shape index (κ3) is 1.64. The van der Waals surface area contributed by atoms with Gasteiger partial charge in [0.2, 0.25) is 0 Å². The van der Waals surface area contributed by atoms with E-state index in [-0.39, 0.29) is 11.1 Å². The molecule has 4 nitrogen and oxygen atoms in total. The predicted octanol–water partition coefficient (Wildman–Crippen LogP) is 1.51. The van der Waals surface area contributed by atoms with Gasteiger partial charge in [-0.1, -0.05) is 6.92 Å². The van der Waals surface area contributed by atoms with Crippen molar-refractivity contribution in [2.45, 2.75) is 38.1 Å². The summed E-state index contributed by atoms with van der Waals surface area (Å²) in [5, 5.41) is 3.35. The maximum absolute atomic E-state index is 11.0. The molecule has 1 aliphatic carbocycles. The molecule has 2 rings (SSSR count). The van der Waals surface area contributed by atoms with Gasteiger partial charge in [0.1, 0.15) is 5.82 Å². The van der Waals surface area contributed by atoms with E-state index in [0.717, 1.165) is 6.42 Å². The van der Waals surface area contributed by atoms with Crippen LogP contribution in [0.3, 0.4) is 0 Å². The van der Waals surface area contributed by atoms with E-state index in [1.54, 1.807) is 0 Å². The Morgan fingerprint density at radius 3 is 2.93 bits per heavy atom. The van der Waals surface area contributed by atoms with Crippen LogP contribution in [-0.4, -0.2) is 15.5 Å². The van der Waals surface area contributed by atoms with Crippen molar-refractivity contribution in [2.24, 2.45) is 0 Å². The van der Waals surface area contributed by atoms with Crippen LogP contribution < -0.4 is 10.9 Å². The third-order valence-electron chi connectivity index (χ3n) is 3.06. The standard InChI is InChI=1S/C10H15N3O/c1-2-10(4-3-5-10)13-8-6-9(14)12-7-11-8/h6-7H,2-5H2,1H3,(H2,11,12,13,14). The Morgan fingerprint density at radius 2 is 2.43 bits per heavy atom. The molecule has 0 amide bonds. The Bertz CT molecular complexity index is 362. The van der Waals surface area contributed by atoms with Gasteiger partial charge in [0.05, 0.1) is 6.33 Å². The second kappa shape index (κ2) is 3.44. The lowest BCUT2D eigenvalue weighted by Crippen LogP contribution is -2.44. The van der Waals surface area contributed by atoms with Crippen molar-refractivity contribution in [3.05, 3.63) is 22.7 Å². The SMILES string of the molecule is CCC1(Nc2cc(=O)[nH]cn2)CCC1. The van der Waals surface area contributed by atoms with Crippen molar-refractivity contribution in [2.75, 3.05) is 5.32 Å². The minimum absolute atomic E-state index is 0.104. The summed E-state index contributed by atoms with van der Waals surface area (Å²) < 4.78 is 0. The molecule has 0 aliphatic heterocycles. The van der Waals surface area contributed by atoms with Crippen molar-refractivity contribution >= 4 is 5.82 Å². The summed E-state index contributed by atoms with van der Waals surface area (Å²) in [6.07, 6.45) is 6.15. The van der Waals surface area contributed by atoms with E-state index in [9.17, 15) is 4.79 Å². The topological polar surface area (TPSA) is 57.8 Å². The highest BCUT2D eigenvalue weighted by Gasteiger charge is 2.35. The van der Waals surface area contributed by atoms with Gasteiger partial charge in [-0.05, 0) is 25.7 Å². The quantitative estimate of drug-likeness (QED) is 0.765. The summed E-state index contributed by atoms with van der Waals surface area (Å²) in [6, 6.07) is 1.51. The summed E-state index contributed by atoms with van der Waals surface area (Å²) in [4.78, 5) is 17.6. The molecule has 0 radical (unpaired) electrons. The van der Waals surface area contributed by atoms with Crippen LogP contribution in [0.15, 0.2) is 17.2 Å². The van der Waals surface area contributed by atoms with Crippen molar-refractivity contribution in [3.8, 4) is 0 Å². The van der Waals surface area contributed by atoms with Gasteiger partial charge in [0.15, 0.2) is 0 Å². The molecule has 14 heavy (non-hydrogen) atoms. The van der Waals surface area contributed by atoms with Gasteiger partial charge in [-0.25, -0.2) is 4.98 Å². The molecule has 1 aliphatic rings. The number of anilines is 1. The largest absolute Gasteiger partial charge is 0.364 e. The normalized spacial score (nSPS) is 18.6. The van der Waals surface area contributed by atoms with Crippen LogP contribution in [-0.2, 0) is 0 Å². The lowest BCUT2D eigenvalue weighted by atomic mass is 9.75. The fourth-order valence-electron chi connectivity index (χ4n) is 1.88. The van der Waals surface area contributed by atoms with Gasteiger partial charge in [-0.15, -0.1) is 0 Å². The number of rotatable bonds is 3. The molecular formula is C10H15N3O. The second-order valence-electron chi connectivity index (χ2n) is 3.91. The van der Waals surface area contributed by atoms with E-state index in [1.807, 2.05) is 0 Å². The van der Waals surface area contributed by atoms with Gasteiger partial charge < -0.3 is 10.3 Å². The highest BCUT2D eigenvalue weighted by atomic mass is 16.1. The monoisotopic (exact) mass is 193 g/mol. The summed E-state index contributed by atoms with van der Waals surface area (Å²) >= 11 is 0. The maximum atomic E-state index is 11.0. The highest BCUT2D eigenvalue weighted by Crippen LogP contribution is 2.37. The van der Waals surface area contributed by atoms with Gasteiger partial charge in [0, 0.05) is 11.6 Å². The van der Waals surface area contributed by atoms with Crippen LogP contribution >= 0.6 is 0 Å². The van der Waals surface area contributed by atoms with E-state index < -0.39 is 0 Å². The Hall–Kier alpha value is -1.32. The molecule has 1 aromatic heterocycles. The van der Waals surface area contributed by atoms with Gasteiger partial charge in [0.25, 0.3) is 5.56 Å². The Morgan fingerprint density at radius 1 is 1.64 bits per heavy atom. The zero-order valence-electron chi connectivity index (χ0n) is 8.34. The fraction of sp³-hybridized carbons (Fsp3) is 0.600. The predicted molar refractivity (Wildman–Crippen MR) is 55.4 cm³/mol. The number of aromatic amines is 1. The molecule has 1 aromatic rings. The minimum Gasteiger partial charge on any atom is -0.364 e. The number of aromatic nitrogens is 2. The first kappa shape index (κ1) is 9.24. The molecule has 0 saturated heterocycles. The van der Waals surface area contributed by atoms with Crippen LogP contribution in [0.2, 0.25) is 0 Å². The van der Waals surface area contributed by atoms with E-state index in [4.69, 9.17) is 0 Å². The first-order valence-corrected chi connectivity index (χ1v) is 5.07. The number of H-pyrrole nitrogens is 1. The molecule has 0 unspecified atom stereocenters. The highest BCUT2D eigenvalue weighted by molar-refractivity contribution is 5.36. The van der Waals surface area contributed by atoms with Crippen LogP contribution in [0.4, 0.5) is 5.82 Å². The van der Waals surface area contributed by atoms with E-state index in [2.05, 4.69) is 22.2 Å². The van der Waals surface area contributed by atoms with Gasteiger partial charge in [-0.2, -0.15) is 0 Å². The molecule has 0 spiro atoms. The molecule has 76 valence electrons. The number of hydrogen-bond acceptors (Lipinski definition) is 3. The zero-order valence-corrected chi connectivity index (χ0v) is 8.34. The third-order valence-corrected chi connectivity index (χ3v) is 3.06. The summed E-state index contributed by atoms with van der Waals surface area (Å²) in [7, 11) is 0. The molecule has 1 fully saturated rings. The molecule has 1 heterocycles. The minimum atomic E-state index is -0.104. The molecule has 4 heteroatoms. The average molecular weight is 193 g/mol. The van der Waals surface area contributed by atoms with E-state index >= 15 is 0 Å². The Kier molecular flexibility index (Phi) is 2.27. The van der Waals surface area contributed by atoms with Crippen LogP contribution in [0.1, 0.15) is 32.6 Å². The number of nitrogens with zero attached hydrogens (tertiary/aromatic N) is 1. The molecule has 2 N–H and O–H groups in total. The van der Waals surface area contributed by atoms with Crippen LogP contribution in [0.25, 0.3) is 0 Å². The maximum Gasteiger partial charge on any atom is 0.252 e. The van der Waals surface area contributed by atoms with Crippen molar-refractivity contribution in [1.29, 1.82) is 0 Å². The van der Waals surface area contributed by atoms with Crippen LogP contribution in [0.5, 0.6) is 0 Å². The zero-order chi connectivity index (χ0) is 10.0. The fourth-order valence-corrected chi connectivity index (χ4v) is 1.88. The molecular weight excluding hydrogens is 178 g/mol. The lowest BCUT2D eigenvalue weighted by molar-refractivity contribution is 0.269. The Labute approximate surface area is 82.8 Å². The van der Waals surface area contributed by atoms with Gasteiger partial charge in [-0.3, -0.25) is 4.79 Å². The second-order valence-corrected chi connectivity index (χ2v) is 3.91. The smallest absolute Gasteiger partial charge is 0.252 e. The van der Waals surface area contributed by atoms with Crippen molar-refractivity contribution in [1.82, 2.24) is 9.97 Å². The van der Waals surface area contributed by atoms with E-state index in [1.165, 1.54) is 31.7 Å². The van der Waals surface area contributed by atoms with E-state index in [0.29, 0.717) is 5.82 Å². The summed E-state index contributed by atoms with van der Waals surface area (Å²) in [5.74, 6) is 0.690. The molecule has 0 atom stereocenters. The summed E-state index contributed by atoms with van der Waals surface area (Å²) in [6.45, 7) is 2.17. The molecule has 0 aromatic carbocycles. The Balaban J connectivity index is 2.13. The summed E-state index contributed by atoms with van der Waals surface area (Å²) in [5.41, 5.74) is 0.0916. The van der Waals surface area contributed by atoms with Crippen LogP contribution in [0, 0.1) is 0 Å². The van der Waals surface area contributed by atoms with Crippen molar-refractivity contribution < 1.29 is 0 Å². The number of hydrogen-bond donors (Lipinski definition) is 2. The molecule has 1 saturated carbocycles. The lowest BCUT2D eigenvalue weighted by Gasteiger charge is -2.42. The average Bonchev–Trinajstić information content (AvgIpc) is 2.11. The van der Waals surface area contributed by atoms with Gasteiger partial charge >= 0.3 is 0 Å².